The van der Waals surface area contributed by atoms with Crippen molar-refractivity contribution in [2.75, 3.05) is 26.7 Å². The first-order chi connectivity index (χ1) is 16.1. The molecule has 0 aliphatic carbocycles. The van der Waals surface area contributed by atoms with Gasteiger partial charge in [-0.2, -0.15) is 0 Å². The Morgan fingerprint density at radius 3 is 2.45 bits per heavy atom. The zero-order chi connectivity index (χ0) is 23.1. The topological polar surface area (TPSA) is 54.5 Å². The largest absolute Gasteiger partial charge is 0.494 e. The summed E-state index contributed by atoms with van der Waals surface area (Å²) in [6, 6.07) is 20.9. The minimum absolute atomic E-state index is 0.148. The predicted molar refractivity (Wildman–Crippen MR) is 132 cm³/mol. The van der Waals surface area contributed by atoms with Crippen molar-refractivity contribution in [1.82, 2.24) is 15.2 Å². The molecular formula is C28H33N3O2. The molecule has 1 amide bonds. The number of ether oxygens (including phenoxy) is 1. The second-order valence-electron chi connectivity index (χ2n) is 8.83. The van der Waals surface area contributed by atoms with Crippen LogP contribution >= 0.6 is 0 Å². The first-order valence-corrected chi connectivity index (χ1v) is 11.8. The predicted octanol–water partition coefficient (Wildman–Crippen LogP) is 4.72. The van der Waals surface area contributed by atoms with Crippen molar-refractivity contribution in [3.8, 4) is 16.9 Å². The summed E-state index contributed by atoms with van der Waals surface area (Å²) in [5.74, 6) is 1.06. The summed E-state index contributed by atoms with van der Waals surface area (Å²) < 4.78 is 5.55. The molecule has 5 heteroatoms. The van der Waals surface area contributed by atoms with Crippen molar-refractivity contribution in [3.05, 3.63) is 84.2 Å². The maximum absolute atomic E-state index is 13.1. The first-order valence-electron chi connectivity index (χ1n) is 11.8. The second kappa shape index (κ2) is 10.6. The van der Waals surface area contributed by atoms with Gasteiger partial charge in [-0.15, -0.1) is 0 Å². The van der Waals surface area contributed by atoms with Gasteiger partial charge in [0.25, 0.3) is 0 Å². The Bertz CT molecular complexity index is 1040. The lowest BCUT2D eigenvalue weighted by molar-refractivity contribution is -0.133. The van der Waals surface area contributed by atoms with Crippen LogP contribution in [0.3, 0.4) is 0 Å². The highest BCUT2D eigenvalue weighted by Gasteiger charge is 2.40. The van der Waals surface area contributed by atoms with E-state index in [2.05, 4.69) is 57.7 Å². The van der Waals surface area contributed by atoms with Gasteiger partial charge in [0.2, 0.25) is 5.91 Å². The van der Waals surface area contributed by atoms with Gasteiger partial charge >= 0.3 is 0 Å². The lowest BCUT2D eigenvalue weighted by atomic mass is 9.72. The molecule has 1 aliphatic rings. The van der Waals surface area contributed by atoms with Gasteiger partial charge in [-0.1, -0.05) is 42.5 Å². The molecule has 2 aromatic carbocycles. The number of piperidine rings is 1. The molecule has 1 fully saturated rings. The number of carbonyl (C=O) groups excluding carboxylic acids is 1. The van der Waals surface area contributed by atoms with Gasteiger partial charge in [-0.25, -0.2) is 0 Å². The SMILES string of the molecule is CCOc1ccc(CN2CCC(Cc3cccc(-c4cccnc4)c3)(C(=O)NC)CC2)cc1. The van der Waals surface area contributed by atoms with Crippen LogP contribution in [0.5, 0.6) is 5.75 Å². The minimum atomic E-state index is -0.377. The monoisotopic (exact) mass is 443 g/mol. The van der Waals surface area contributed by atoms with Gasteiger partial charge in [0, 0.05) is 26.0 Å². The number of rotatable bonds is 8. The molecule has 1 aromatic heterocycles. The summed E-state index contributed by atoms with van der Waals surface area (Å²) in [7, 11) is 1.75. The number of hydrogen-bond donors (Lipinski definition) is 1. The quantitative estimate of drug-likeness (QED) is 0.547. The van der Waals surface area contributed by atoms with Crippen molar-refractivity contribution in [2.24, 2.45) is 5.41 Å². The molecule has 1 N–H and O–H groups in total. The van der Waals surface area contributed by atoms with E-state index in [1.54, 1.807) is 13.2 Å². The molecule has 0 radical (unpaired) electrons. The lowest BCUT2D eigenvalue weighted by Gasteiger charge is -2.40. The number of nitrogens with zero attached hydrogens (tertiary/aromatic N) is 2. The van der Waals surface area contributed by atoms with Crippen molar-refractivity contribution in [2.45, 2.75) is 32.7 Å². The van der Waals surface area contributed by atoms with E-state index in [1.165, 1.54) is 11.1 Å². The Hall–Kier alpha value is -3.18. The van der Waals surface area contributed by atoms with Crippen molar-refractivity contribution in [1.29, 1.82) is 0 Å². The normalized spacial score (nSPS) is 15.7. The van der Waals surface area contributed by atoms with Gasteiger partial charge in [0.1, 0.15) is 5.75 Å². The molecule has 2 heterocycles. The van der Waals surface area contributed by atoms with Crippen LogP contribution in [0, 0.1) is 5.41 Å². The highest BCUT2D eigenvalue weighted by atomic mass is 16.5. The number of hydrogen-bond acceptors (Lipinski definition) is 4. The summed E-state index contributed by atoms with van der Waals surface area (Å²) in [4.78, 5) is 19.7. The molecule has 0 bridgehead atoms. The minimum Gasteiger partial charge on any atom is -0.494 e. The third kappa shape index (κ3) is 5.60. The summed E-state index contributed by atoms with van der Waals surface area (Å²) >= 11 is 0. The van der Waals surface area contributed by atoms with E-state index < -0.39 is 0 Å². The van der Waals surface area contributed by atoms with Crippen LogP contribution in [0.4, 0.5) is 0 Å². The van der Waals surface area contributed by atoms with Crippen LogP contribution in [0.2, 0.25) is 0 Å². The van der Waals surface area contributed by atoms with Crippen LogP contribution in [0.15, 0.2) is 73.1 Å². The Labute approximate surface area is 196 Å². The zero-order valence-electron chi connectivity index (χ0n) is 19.6. The van der Waals surface area contributed by atoms with Gasteiger partial charge in [0.15, 0.2) is 0 Å². The summed E-state index contributed by atoms with van der Waals surface area (Å²) in [5, 5.41) is 2.94. The molecule has 1 saturated heterocycles. The average Bonchev–Trinajstić information content (AvgIpc) is 2.87. The third-order valence-electron chi connectivity index (χ3n) is 6.63. The van der Waals surface area contributed by atoms with E-state index in [-0.39, 0.29) is 11.3 Å². The van der Waals surface area contributed by atoms with Crippen LogP contribution in [0.25, 0.3) is 11.1 Å². The number of amides is 1. The van der Waals surface area contributed by atoms with E-state index in [4.69, 9.17) is 4.74 Å². The molecule has 0 unspecified atom stereocenters. The molecule has 172 valence electrons. The van der Waals surface area contributed by atoms with E-state index >= 15 is 0 Å². The maximum atomic E-state index is 13.1. The Balaban J connectivity index is 1.44. The van der Waals surface area contributed by atoms with Gasteiger partial charge in [0.05, 0.1) is 12.0 Å². The standard InChI is InChI=1S/C28H33N3O2/c1-3-33-26-11-9-22(10-12-26)21-31-16-13-28(14-17-31,27(32)29-2)19-23-6-4-7-24(18-23)25-8-5-15-30-20-25/h4-12,15,18,20H,3,13-14,16-17,19,21H2,1-2H3,(H,29,32). The summed E-state index contributed by atoms with van der Waals surface area (Å²) in [5.41, 5.74) is 4.33. The molecule has 5 nitrogen and oxygen atoms in total. The Kier molecular flexibility index (Phi) is 7.40. The van der Waals surface area contributed by atoms with Crippen molar-refractivity contribution >= 4 is 5.91 Å². The average molecular weight is 444 g/mol. The summed E-state index contributed by atoms with van der Waals surface area (Å²) in [6.07, 6.45) is 6.11. The first kappa shape index (κ1) is 23.0. The molecule has 0 saturated carbocycles. The number of likely N-dealkylation sites (tertiary alicyclic amines) is 1. The fourth-order valence-corrected chi connectivity index (χ4v) is 4.79. The van der Waals surface area contributed by atoms with Gasteiger partial charge < -0.3 is 10.1 Å². The molecule has 0 atom stereocenters. The Morgan fingerprint density at radius 2 is 1.79 bits per heavy atom. The third-order valence-corrected chi connectivity index (χ3v) is 6.63. The summed E-state index contributed by atoms with van der Waals surface area (Å²) in [6.45, 7) is 5.38. The molecule has 0 spiro atoms. The number of aromatic nitrogens is 1. The molecule has 33 heavy (non-hydrogen) atoms. The highest BCUT2D eigenvalue weighted by molar-refractivity contribution is 5.83. The Morgan fingerprint density at radius 1 is 1.03 bits per heavy atom. The maximum Gasteiger partial charge on any atom is 0.226 e. The zero-order valence-corrected chi connectivity index (χ0v) is 19.6. The van der Waals surface area contributed by atoms with Crippen molar-refractivity contribution in [3.63, 3.8) is 0 Å². The van der Waals surface area contributed by atoms with E-state index in [9.17, 15) is 4.79 Å². The fraction of sp³-hybridized carbons (Fsp3) is 0.357. The van der Waals surface area contributed by atoms with Gasteiger partial charge in [-0.05, 0) is 79.7 Å². The molecule has 1 aliphatic heterocycles. The number of carbonyl (C=O) groups is 1. The van der Waals surface area contributed by atoms with Crippen LogP contribution < -0.4 is 10.1 Å². The molecule has 4 rings (SSSR count). The highest BCUT2D eigenvalue weighted by Crippen LogP contribution is 2.37. The van der Waals surface area contributed by atoms with E-state index in [1.807, 2.05) is 31.3 Å². The van der Waals surface area contributed by atoms with E-state index in [0.29, 0.717) is 6.61 Å². The van der Waals surface area contributed by atoms with Crippen LogP contribution in [-0.4, -0.2) is 42.5 Å². The fourth-order valence-electron chi connectivity index (χ4n) is 4.79. The van der Waals surface area contributed by atoms with Crippen LogP contribution in [0.1, 0.15) is 30.9 Å². The number of pyridine rings is 1. The van der Waals surface area contributed by atoms with Crippen molar-refractivity contribution < 1.29 is 9.53 Å². The van der Waals surface area contributed by atoms with E-state index in [0.717, 1.165) is 55.8 Å². The smallest absolute Gasteiger partial charge is 0.226 e. The molecular weight excluding hydrogens is 410 g/mol. The van der Waals surface area contributed by atoms with Gasteiger partial charge in [-0.3, -0.25) is 14.7 Å². The lowest BCUT2D eigenvalue weighted by Crippen LogP contribution is -2.49. The van der Waals surface area contributed by atoms with Crippen LogP contribution in [-0.2, 0) is 17.8 Å². The molecule has 3 aromatic rings. The number of benzene rings is 2. The number of nitrogens with one attached hydrogen (secondary N) is 1. The second-order valence-corrected chi connectivity index (χ2v) is 8.83.